The van der Waals surface area contributed by atoms with Crippen LogP contribution in [0.15, 0.2) is 24.3 Å². The SMILES string of the molecule is CCC(CN)Oc1cccc(I)c1. The standard InChI is InChI=1S/C10H14INO/c1-2-9(7-12)13-10-5-3-4-8(11)6-10/h3-6,9H,2,7,12H2,1H3. The van der Waals surface area contributed by atoms with E-state index in [1.54, 1.807) is 0 Å². The summed E-state index contributed by atoms with van der Waals surface area (Å²) in [5.41, 5.74) is 5.54. The van der Waals surface area contributed by atoms with Crippen LogP contribution in [-0.4, -0.2) is 12.6 Å². The van der Waals surface area contributed by atoms with Crippen LogP contribution in [0.25, 0.3) is 0 Å². The highest BCUT2D eigenvalue weighted by molar-refractivity contribution is 14.1. The van der Waals surface area contributed by atoms with Crippen molar-refractivity contribution >= 4 is 22.6 Å². The summed E-state index contributed by atoms with van der Waals surface area (Å²) in [5, 5.41) is 0. The molecule has 0 amide bonds. The molecule has 72 valence electrons. The highest BCUT2D eigenvalue weighted by Gasteiger charge is 2.04. The first-order chi connectivity index (χ1) is 6.26. The quantitative estimate of drug-likeness (QED) is 0.865. The van der Waals surface area contributed by atoms with Gasteiger partial charge in [-0.3, -0.25) is 0 Å². The molecule has 0 bridgehead atoms. The molecule has 0 aliphatic heterocycles. The van der Waals surface area contributed by atoms with E-state index in [0.717, 1.165) is 12.2 Å². The molecule has 0 aliphatic rings. The van der Waals surface area contributed by atoms with Gasteiger partial charge in [-0.25, -0.2) is 0 Å². The molecule has 0 aromatic heterocycles. The molecular formula is C10H14INO. The van der Waals surface area contributed by atoms with Gasteiger partial charge in [0.15, 0.2) is 0 Å². The van der Waals surface area contributed by atoms with Crippen molar-refractivity contribution in [3.8, 4) is 5.75 Å². The molecule has 2 N–H and O–H groups in total. The van der Waals surface area contributed by atoms with Crippen molar-refractivity contribution < 1.29 is 4.74 Å². The van der Waals surface area contributed by atoms with E-state index in [1.807, 2.05) is 24.3 Å². The van der Waals surface area contributed by atoms with E-state index in [0.29, 0.717) is 6.54 Å². The Balaban J connectivity index is 2.62. The molecule has 1 aromatic carbocycles. The third-order valence-corrected chi connectivity index (χ3v) is 2.49. The molecule has 0 spiro atoms. The van der Waals surface area contributed by atoms with E-state index in [9.17, 15) is 0 Å². The minimum absolute atomic E-state index is 0.137. The van der Waals surface area contributed by atoms with Gasteiger partial charge in [0.25, 0.3) is 0 Å². The number of rotatable bonds is 4. The van der Waals surface area contributed by atoms with Crippen LogP contribution in [0.2, 0.25) is 0 Å². The molecule has 0 saturated carbocycles. The maximum absolute atomic E-state index is 5.66. The third kappa shape index (κ3) is 3.52. The van der Waals surface area contributed by atoms with Crippen molar-refractivity contribution in [3.05, 3.63) is 27.8 Å². The van der Waals surface area contributed by atoms with Crippen molar-refractivity contribution in [3.63, 3.8) is 0 Å². The smallest absolute Gasteiger partial charge is 0.120 e. The Hall–Kier alpha value is -0.290. The van der Waals surface area contributed by atoms with Crippen LogP contribution in [0.5, 0.6) is 5.75 Å². The molecule has 2 nitrogen and oxygen atoms in total. The summed E-state index contributed by atoms with van der Waals surface area (Å²) in [7, 11) is 0. The van der Waals surface area contributed by atoms with Gasteiger partial charge in [-0.15, -0.1) is 0 Å². The predicted molar refractivity (Wildman–Crippen MR) is 62.9 cm³/mol. The maximum atomic E-state index is 5.66. The van der Waals surface area contributed by atoms with Crippen LogP contribution in [-0.2, 0) is 0 Å². The van der Waals surface area contributed by atoms with Gasteiger partial charge >= 0.3 is 0 Å². The zero-order valence-corrected chi connectivity index (χ0v) is 9.82. The molecule has 13 heavy (non-hydrogen) atoms. The average Bonchev–Trinajstić information content (AvgIpc) is 2.14. The van der Waals surface area contributed by atoms with E-state index in [2.05, 4.69) is 29.5 Å². The molecule has 0 radical (unpaired) electrons. The summed E-state index contributed by atoms with van der Waals surface area (Å²) in [6.45, 7) is 2.65. The highest BCUT2D eigenvalue weighted by Crippen LogP contribution is 2.16. The lowest BCUT2D eigenvalue weighted by Crippen LogP contribution is -2.25. The van der Waals surface area contributed by atoms with Gasteiger partial charge in [0, 0.05) is 10.1 Å². The first-order valence-electron chi connectivity index (χ1n) is 4.38. The van der Waals surface area contributed by atoms with E-state index in [-0.39, 0.29) is 6.10 Å². The van der Waals surface area contributed by atoms with Gasteiger partial charge < -0.3 is 10.5 Å². The zero-order chi connectivity index (χ0) is 9.68. The summed E-state index contributed by atoms with van der Waals surface area (Å²) >= 11 is 2.27. The first-order valence-corrected chi connectivity index (χ1v) is 5.46. The number of hydrogen-bond acceptors (Lipinski definition) is 2. The summed E-state index contributed by atoms with van der Waals surface area (Å²) in [4.78, 5) is 0. The van der Waals surface area contributed by atoms with E-state index in [4.69, 9.17) is 10.5 Å². The lowest BCUT2D eigenvalue weighted by Gasteiger charge is -2.15. The monoisotopic (exact) mass is 291 g/mol. The van der Waals surface area contributed by atoms with Crippen LogP contribution < -0.4 is 10.5 Å². The fraction of sp³-hybridized carbons (Fsp3) is 0.400. The van der Waals surface area contributed by atoms with E-state index >= 15 is 0 Å². The number of benzene rings is 1. The molecule has 1 atom stereocenters. The number of halogens is 1. The normalized spacial score (nSPS) is 12.5. The molecule has 1 unspecified atom stereocenters. The van der Waals surface area contributed by atoms with Gasteiger partial charge in [-0.1, -0.05) is 13.0 Å². The fourth-order valence-electron chi connectivity index (χ4n) is 1.03. The van der Waals surface area contributed by atoms with Gasteiger partial charge in [0.1, 0.15) is 11.9 Å². The fourth-order valence-corrected chi connectivity index (χ4v) is 1.55. The van der Waals surface area contributed by atoms with Gasteiger partial charge in [-0.05, 0) is 47.2 Å². The number of nitrogens with two attached hydrogens (primary N) is 1. The Morgan fingerprint density at radius 2 is 2.31 bits per heavy atom. The Labute approximate surface area is 92.6 Å². The van der Waals surface area contributed by atoms with E-state index in [1.165, 1.54) is 3.57 Å². The van der Waals surface area contributed by atoms with Gasteiger partial charge in [-0.2, -0.15) is 0 Å². The summed E-state index contributed by atoms with van der Waals surface area (Å²) in [6, 6.07) is 8.00. The molecule has 0 saturated heterocycles. The van der Waals surface area contributed by atoms with E-state index < -0.39 is 0 Å². The van der Waals surface area contributed by atoms with Crippen LogP contribution in [0.3, 0.4) is 0 Å². The number of hydrogen-bond donors (Lipinski definition) is 1. The van der Waals surface area contributed by atoms with Gasteiger partial charge in [0.05, 0.1) is 0 Å². The summed E-state index contributed by atoms with van der Waals surface area (Å²) in [5.74, 6) is 0.907. The predicted octanol–water partition coefficient (Wildman–Crippen LogP) is 2.41. The molecule has 0 heterocycles. The molecular weight excluding hydrogens is 277 g/mol. The maximum Gasteiger partial charge on any atom is 0.120 e. The lowest BCUT2D eigenvalue weighted by atomic mass is 10.3. The minimum Gasteiger partial charge on any atom is -0.489 e. The van der Waals surface area contributed by atoms with Crippen molar-refractivity contribution in [2.75, 3.05) is 6.54 Å². The molecule has 1 rings (SSSR count). The first kappa shape index (κ1) is 10.8. The summed E-state index contributed by atoms with van der Waals surface area (Å²) < 4.78 is 6.85. The Morgan fingerprint density at radius 3 is 2.85 bits per heavy atom. The third-order valence-electron chi connectivity index (χ3n) is 1.82. The second kappa shape index (κ2) is 5.44. The zero-order valence-electron chi connectivity index (χ0n) is 7.66. The largest absolute Gasteiger partial charge is 0.489 e. The van der Waals surface area contributed by atoms with Crippen molar-refractivity contribution in [1.82, 2.24) is 0 Å². The van der Waals surface area contributed by atoms with Crippen molar-refractivity contribution in [2.24, 2.45) is 5.73 Å². The highest BCUT2D eigenvalue weighted by atomic mass is 127. The average molecular weight is 291 g/mol. The molecule has 0 aliphatic carbocycles. The van der Waals surface area contributed by atoms with Crippen molar-refractivity contribution in [2.45, 2.75) is 19.4 Å². The number of ether oxygens (including phenoxy) is 1. The second-order valence-electron chi connectivity index (χ2n) is 2.84. The molecule has 0 fully saturated rings. The van der Waals surface area contributed by atoms with Crippen LogP contribution >= 0.6 is 22.6 Å². The molecule has 1 aromatic rings. The minimum atomic E-state index is 0.137. The van der Waals surface area contributed by atoms with Crippen molar-refractivity contribution in [1.29, 1.82) is 0 Å². The van der Waals surface area contributed by atoms with Gasteiger partial charge in [0.2, 0.25) is 0 Å². The van der Waals surface area contributed by atoms with Crippen LogP contribution in [0.1, 0.15) is 13.3 Å². The Kier molecular flexibility index (Phi) is 4.52. The summed E-state index contributed by atoms with van der Waals surface area (Å²) in [6.07, 6.45) is 1.08. The topological polar surface area (TPSA) is 35.2 Å². The Morgan fingerprint density at radius 1 is 1.54 bits per heavy atom. The lowest BCUT2D eigenvalue weighted by molar-refractivity contribution is 0.205. The van der Waals surface area contributed by atoms with Crippen LogP contribution in [0.4, 0.5) is 0 Å². The van der Waals surface area contributed by atoms with Crippen LogP contribution in [0, 0.1) is 3.57 Å². The second-order valence-corrected chi connectivity index (χ2v) is 4.09. The Bertz CT molecular complexity index is 261. The molecule has 3 heteroatoms.